The van der Waals surface area contributed by atoms with Crippen LogP contribution in [0.3, 0.4) is 0 Å². The molecule has 5 heteroatoms. The number of hydrogen-bond donors (Lipinski definition) is 0. The number of benzene rings is 3. The van der Waals surface area contributed by atoms with Gasteiger partial charge in [-0.2, -0.15) is 5.10 Å². The maximum absolute atomic E-state index is 6.50. The molecular formula is C26H24N2O3. The van der Waals surface area contributed by atoms with E-state index >= 15 is 0 Å². The van der Waals surface area contributed by atoms with Gasteiger partial charge in [-0.05, 0) is 43.7 Å². The molecule has 0 unspecified atom stereocenters. The van der Waals surface area contributed by atoms with E-state index < -0.39 is 0 Å². The van der Waals surface area contributed by atoms with Crippen LogP contribution in [0.25, 0.3) is 0 Å². The van der Waals surface area contributed by atoms with E-state index in [2.05, 4.69) is 61.3 Å². The summed E-state index contributed by atoms with van der Waals surface area (Å²) in [5.74, 6) is 2.53. The summed E-state index contributed by atoms with van der Waals surface area (Å²) < 4.78 is 18.0. The molecule has 0 saturated carbocycles. The number of rotatable bonds is 2. The van der Waals surface area contributed by atoms with Crippen molar-refractivity contribution >= 4 is 5.71 Å². The summed E-state index contributed by atoms with van der Waals surface area (Å²) >= 11 is 0. The second kappa shape index (κ2) is 7.05. The van der Waals surface area contributed by atoms with E-state index in [0.717, 1.165) is 40.5 Å². The molecule has 0 fully saturated rings. The molecule has 0 N–H and O–H groups in total. The highest BCUT2D eigenvalue weighted by Crippen LogP contribution is 2.48. The quantitative estimate of drug-likeness (QED) is 0.572. The van der Waals surface area contributed by atoms with E-state index in [-0.39, 0.29) is 12.3 Å². The summed E-state index contributed by atoms with van der Waals surface area (Å²) in [5.41, 5.74) is 6.90. The normalized spacial score (nSPS) is 21.1. The number of ether oxygens (including phenoxy) is 3. The molecule has 0 amide bonds. The van der Waals surface area contributed by atoms with Crippen LogP contribution in [0.5, 0.6) is 17.2 Å². The second-order valence-electron chi connectivity index (χ2n) is 8.37. The average Bonchev–Trinajstić information content (AvgIpc) is 3.24. The second-order valence-corrected chi connectivity index (χ2v) is 8.37. The highest BCUT2D eigenvalue weighted by molar-refractivity contribution is 6.02. The molecule has 0 saturated heterocycles. The molecule has 0 aromatic heterocycles. The van der Waals surface area contributed by atoms with Crippen molar-refractivity contribution in [3.05, 3.63) is 88.5 Å². The van der Waals surface area contributed by atoms with Crippen LogP contribution in [-0.4, -0.2) is 23.9 Å². The van der Waals surface area contributed by atoms with Gasteiger partial charge in [0.25, 0.3) is 0 Å². The minimum atomic E-state index is -0.254. The lowest BCUT2D eigenvalue weighted by atomic mass is 9.95. The Balaban J connectivity index is 1.43. The van der Waals surface area contributed by atoms with Crippen LogP contribution in [0.1, 0.15) is 46.5 Å². The molecule has 3 aliphatic heterocycles. The summed E-state index contributed by atoms with van der Waals surface area (Å²) in [6.45, 7) is 5.43. The lowest BCUT2D eigenvalue weighted by molar-refractivity contribution is -0.0194. The number of para-hydroxylation sites is 1. The molecule has 5 nitrogen and oxygen atoms in total. The van der Waals surface area contributed by atoms with Crippen molar-refractivity contribution in [2.24, 2.45) is 5.10 Å². The van der Waals surface area contributed by atoms with E-state index in [4.69, 9.17) is 19.3 Å². The Morgan fingerprint density at radius 2 is 1.68 bits per heavy atom. The Bertz CT molecular complexity index is 1200. The van der Waals surface area contributed by atoms with Gasteiger partial charge in [0.05, 0.1) is 11.8 Å². The zero-order valence-electron chi connectivity index (χ0n) is 17.7. The third kappa shape index (κ3) is 3.03. The predicted molar refractivity (Wildman–Crippen MR) is 119 cm³/mol. The fourth-order valence-electron chi connectivity index (χ4n) is 4.74. The molecule has 156 valence electrons. The van der Waals surface area contributed by atoms with Crippen LogP contribution < -0.4 is 14.2 Å². The van der Waals surface area contributed by atoms with Gasteiger partial charge in [0.2, 0.25) is 6.23 Å². The van der Waals surface area contributed by atoms with Gasteiger partial charge in [0.1, 0.15) is 19.0 Å². The van der Waals surface area contributed by atoms with E-state index in [1.807, 2.05) is 18.2 Å². The monoisotopic (exact) mass is 412 g/mol. The summed E-state index contributed by atoms with van der Waals surface area (Å²) in [5, 5.41) is 7.21. The first-order valence-corrected chi connectivity index (χ1v) is 10.8. The van der Waals surface area contributed by atoms with E-state index in [9.17, 15) is 0 Å². The number of aryl methyl sites for hydroxylation is 2. The summed E-state index contributed by atoms with van der Waals surface area (Å²) in [6, 6.07) is 21.1. The minimum absolute atomic E-state index is 0.138. The van der Waals surface area contributed by atoms with Gasteiger partial charge in [-0.25, -0.2) is 5.01 Å². The first-order valence-electron chi connectivity index (χ1n) is 10.8. The maximum atomic E-state index is 6.50. The smallest absolute Gasteiger partial charge is 0.214 e. The average molecular weight is 412 g/mol. The fourth-order valence-corrected chi connectivity index (χ4v) is 4.74. The van der Waals surface area contributed by atoms with Crippen LogP contribution in [0.2, 0.25) is 0 Å². The van der Waals surface area contributed by atoms with Crippen molar-refractivity contribution in [1.29, 1.82) is 0 Å². The fraction of sp³-hybridized carbons (Fsp3) is 0.269. The number of nitrogens with zero attached hydrogens (tertiary/aromatic N) is 2. The highest BCUT2D eigenvalue weighted by Gasteiger charge is 2.41. The van der Waals surface area contributed by atoms with E-state index in [1.165, 1.54) is 16.7 Å². The van der Waals surface area contributed by atoms with Gasteiger partial charge in [-0.15, -0.1) is 0 Å². The van der Waals surface area contributed by atoms with Gasteiger partial charge in [-0.3, -0.25) is 0 Å². The predicted octanol–water partition coefficient (Wildman–Crippen LogP) is 5.32. The first-order chi connectivity index (χ1) is 15.2. The molecule has 3 aliphatic rings. The van der Waals surface area contributed by atoms with Gasteiger partial charge in [0, 0.05) is 23.1 Å². The molecule has 6 rings (SSSR count). The third-order valence-corrected chi connectivity index (χ3v) is 6.27. The molecule has 0 spiro atoms. The minimum Gasteiger partial charge on any atom is -0.486 e. The highest BCUT2D eigenvalue weighted by atomic mass is 16.6. The number of hydrazone groups is 1. The van der Waals surface area contributed by atoms with Crippen LogP contribution >= 0.6 is 0 Å². The Kier molecular flexibility index (Phi) is 4.16. The van der Waals surface area contributed by atoms with Crippen LogP contribution in [-0.2, 0) is 0 Å². The van der Waals surface area contributed by atoms with Gasteiger partial charge >= 0.3 is 0 Å². The first kappa shape index (κ1) is 18.3. The van der Waals surface area contributed by atoms with Crippen LogP contribution in [0.15, 0.2) is 65.8 Å². The molecule has 0 aliphatic carbocycles. The Morgan fingerprint density at radius 1 is 0.839 bits per heavy atom. The Labute approximate surface area is 181 Å². The number of hydrogen-bond acceptors (Lipinski definition) is 5. The van der Waals surface area contributed by atoms with Crippen LogP contribution in [0.4, 0.5) is 0 Å². The Hall–Kier alpha value is -3.47. The summed E-state index contributed by atoms with van der Waals surface area (Å²) in [6.07, 6.45) is 0.566. The molecule has 3 aromatic rings. The van der Waals surface area contributed by atoms with Crippen molar-refractivity contribution in [2.45, 2.75) is 32.5 Å². The molecule has 31 heavy (non-hydrogen) atoms. The van der Waals surface area contributed by atoms with Crippen LogP contribution in [0, 0.1) is 13.8 Å². The van der Waals surface area contributed by atoms with Gasteiger partial charge in [0.15, 0.2) is 11.5 Å². The molecular weight excluding hydrogens is 388 g/mol. The lowest BCUT2D eigenvalue weighted by Crippen LogP contribution is -2.34. The zero-order valence-corrected chi connectivity index (χ0v) is 17.7. The van der Waals surface area contributed by atoms with Crippen molar-refractivity contribution < 1.29 is 14.2 Å². The molecule has 0 bridgehead atoms. The Morgan fingerprint density at radius 3 is 2.55 bits per heavy atom. The molecule has 2 atom stereocenters. The number of fused-ring (bicyclic) bond motifs is 4. The van der Waals surface area contributed by atoms with Gasteiger partial charge < -0.3 is 14.2 Å². The van der Waals surface area contributed by atoms with Crippen molar-refractivity contribution in [2.75, 3.05) is 13.2 Å². The zero-order chi connectivity index (χ0) is 20.9. The van der Waals surface area contributed by atoms with Crippen molar-refractivity contribution in [3.8, 4) is 17.2 Å². The molecule has 3 aromatic carbocycles. The maximum Gasteiger partial charge on any atom is 0.214 e. The summed E-state index contributed by atoms with van der Waals surface area (Å²) in [4.78, 5) is 0. The van der Waals surface area contributed by atoms with Gasteiger partial charge in [-0.1, -0.05) is 42.0 Å². The van der Waals surface area contributed by atoms with Crippen molar-refractivity contribution in [1.82, 2.24) is 5.01 Å². The SMILES string of the molecule is Cc1ccc([C@H]2Oc3ccccc3[C@H]3CC(c4ccc5c(c4)OCCO5)=NN32)c(C)c1. The van der Waals surface area contributed by atoms with E-state index in [0.29, 0.717) is 13.2 Å². The topological polar surface area (TPSA) is 43.3 Å². The molecule has 3 heterocycles. The third-order valence-electron chi connectivity index (χ3n) is 6.27. The van der Waals surface area contributed by atoms with Crippen molar-refractivity contribution in [3.63, 3.8) is 0 Å². The largest absolute Gasteiger partial charge is 0.486 e. The van der Waals surface area contributed by atoms with E-state index in [1.54, 1.807) is 0 Å². The lowest BCUT2D eigenvalue weighted by Gasteiger charge is -2.38. The summed E-state index contributed by atoms with van der Waals surface area (Å²) in [7, 11) is 0. The standard InChI is InChI=1S/C26H24N2O3/c1-16-7-9-19(17(2)13-16)26-28-22(20-5-3-4-6-23(20)31-26)15-21(27-28)18-8-10-24-25(14-18)30-12-11-29-24/h3-10,13-14,22,26H,11-12,15H2,1-2H3/t22-,26-/m1/s1. The molecule has 0 radical (unpaired) electrons.